The van der Waals surface area contributed by atoms with Crippen molar-refractivity contribution >= 4 is 11.6 Å². The van der Waals surface area contributed by atoms with Crippen LogP contribution in [0.3, 0.4) is 0 Å². The van der Waals surface area contributed by atoms with Crippen molar-refractivity contribution in [3.63, 3.8) is 0 Å². The van der Waals surface area contributed by atoms with Crippen LogP contribution in [0.25, 0.3) is 0 Å². The lowest BCUT2D eigenvalue weighted by molar-refractivity contribution is -0.119. The molecule has 1 amide bonds. The smallest absolute Gasteiger partial charge is 0.220 e. The van der Waals surface area contributed by atoms with Crippen LogP contribution >= 0.6 is 0 Å². The Morgan fingerprint density at radius 3 is 2.69 bits per heavy atom. The number of aliphatic hydroxyl groups is 1. The third-order valence-corrected chi connectivity index (χ3v) is 5.77. The van der Waals surface area contributed by atoms with Gasteiger partial charge < -0.3 is 20.1 Å². The molecule has 4 rings (SSSR count). The number of nitrogens with one attached hydrogen (secondary N) is 1. The number of benzene rings is 2. The summed E-state index contributed by atoms with van der Waals surface area (Å²) in [6.45, 7) is 4.29. The molecule has 0 bridgehead atoms. The minimum atomic E-state index is -0.832. The molecule has 6 nitrogen and oxygen atoms in total. The minimum absolute atomic E-state index is 0.00321. The van der Waals surface area contributed by atoms with Crippen LogP contribution in [0.2, 0.25) is 0 Å². The number of ether oxygens (including phenoxy) is 1. The van der Waals surface area contributed by atoms with Gasteiger partial charge in [-0.2, -0.15) is 5.26 Å². The summed E-state index contributed by atoms with van der Waals surface area (Å²) in [7, 11) is 0. The molecule has 2 heterocycles. The molecular formula is C23H25N3O3. The Morgan fingerprint density at radius 1 is 1.28 bits per heavy atom. The molecule has 2 aliphatic heterocycles. The standard InChI is InChI=1S/C23H25N3O3/c1-23(2)22(28)21(18-12-15(13-24)8-10-19(18)29-23)26(17-6-4-3-5-7-17)14-16-9-11-20(27)25-16/h3-8,10,12,16,21-22,28H,9,11,14H2,1-2H3,(H,25,27)/t16?,21-,22+/m0/s1. The van der Waals surface area contributed by atoms with Crippen molar-refractivity contribution in [2.24, 2.45) is 0 Å². The summed E-state index contributed by atoms with van der Waals surface area (Å²) in [6.07, 6.45) is 0.446. The highest BCUT2D eigenvalue weighted by Gasteiger charge is 2.46. The zero-order chi connectivity index (χ0) is 20.6. The SMILES string of the molecule is CC1(C)Oc2ccc(C#N)cc2[C@H](N(CC2CCC(=O)N2)c2ccccc2)[C@H]1O. The summed E-state index contributed by atoms with van der Waals surface area (Å²) in [5.74, 6) is 0.726. The summed E-state index contributed by atoms with van der Waals surface area (Å²) in [5, 5.41) is 23.8. The first-order valence-electron chi connectivity index (χ1n) is 9.91. The Balaban J connectivity index is 1.81. The van der Waals surface area contributed by atoms with E-state index < -0.39 is 17.7 Å². The second-order valence-corrected chi connectivity index (χ2v) is 8.25. The van der Waals surface area contributed by atoms with Crippen molar-refractivity contribution in [3.05, 3.63) is 59.7 Å². The molecule has 0 saturated carbocycles. The van der Waals surface area contributed by atoms with E-state index in [1.54, 1.807) is 18.2 Å². The van der Waals surface area contributed by atoms with E-state index in [1.807, 2.05) is 44.2 Å². The van der Waals surface area contributed by atoms with Crippen LogP contribution < -0.4 is 15.0 Å². The fraction of sp³-hybridized carbons (Fsp3) is 0.391. The third-order valence-electron chi connectivity index (χ3n) is 5.77. The molecule has 2 N–H and O–H groups in total. The molecular weight excluding hydrogens is 366 g/mol. The van der Waals surface area contributed by atoms with E-state index in [9.17, 15) is 15.2 Å². The maximum Gasteiger partial charge on any atom is 0.220 e. The van der Waals surface area contributed by atoms with Gasteiger partial charge in [0.2, 0.25) is 5.91 Å². The van der Waals surface area contributed by atoms with Gasteiger partial charge in [0.05, 0.1) is 17.7 Å². The maximum atomic E-state index is 11.8. The topological polar surface area (TPSA) is 85.6 Å². The Labute approximate surface area is 170 Å². The van der Waals surface area contributed by atoms with Crippen molar-refractivity contribution in [2.75, 3.05) is 11.4 Å². The summed E-state index contributed by atoms with van der Waals surface area (Å²) >= 11 is 0. The lowest BCUT2D eigenvalue weighted by Gasteiger charge is -2.47. The predicted octanol–water partition coefficient (Wildman–Crippen LogP) is 2.92. The van der Waals surface area contributed by atoms with Gasteiger partial charge in [0.15, 0.2) is 0 Å². The number of nitrogens with zero attached hydrogens (tertiary/aromatic N) is 2. The van der Waals surface area contributed by atoms with Crippen LogP contribution in [0.1, 0.15) is 43.9 Å². The Morgan fingerprint density at radius 2 is 2.03 bits per heavy atom. The van der Waals surface area contributed by atoms with Gasteiger partial charge in [0.1, 0.15) is 17.5 Å². The van der Waals surface area contributed by atoms with Gasteiger partial charge >= 0.3 is 0 Å². The summed E-state index contributed by atoms with van der Waals surface area (Å²) in [4.78, 5) is 13.9. The van der Waals surface area contributed by atoms with Gasteiger partial charge in [-0.15, -0.1) is 0 Å². The zero-order valence-electron chi connectivity index (χ0n) is 16.6. The molecule has 3 atom stereocenters. The highest BCUT2D eigenvalue weighted by molar-refractivity contribution is 5.78. The number of hydrogen-bond donors (Lipinski definition) is 2. The monoisotopic (exact) mass is 391 g/mol. The van der Waals surface area contributed by atoms with E-state index in [1.165, 1.54) is 0 Å². The highest BCUT2D eigenvalue weighted by atomic mass is 16.5. The van der Waals surface area contributed by atoms with Crippen LogP contribution in [0.15, 0.2) is 48.5 Å². The van der Waals surface area contributed by atoms with Crippen LogP contribution in [0, 0.1) is 11.3 Å². The lowest BCUT2D eigenvalue weighted by Crippen LogP contribution is -2.55. The molecule has 0 aromatic heterocycles. The number of fused-ring (bicyclic) bond motifs is 1. The van der Waals surface area contributed by atoms with E-state index in [0.717, 1.165) is 17.7 Å². The molecule has 2 aromatic carbocycles. The lowest BCUT2D eigenvalue weighted by atomic mass is 9.84. The molecule has 29 heavy (non-hydrogen) atoms. The number of carbonyl (C=O) groups is 1. The van der Waals surface area contributed by atoms with Crippen molar-refractivity contribution in [1.29, 1.82) is 5.26 Å². The van der Waals surface area contributed by atoms with Crippen LogP contribution in [0.5, 0.6) is 5.75 Å². The molecule has 150 valence electrons. The Bertz CT molecular complexity index is 952. The number of aliphatic hydroxyl groups excluding tert-OH is 1. The van der Waals surface area contributed by atoms with Crippen LogP contribution in [-0.2, 0) is 4.79 Å². The number of nitriles is 1. The van der Waals surface area contributed by atoms with Gasteiger partial charge in [-0.3, -0.25) is 4.79 Å². The van der Waals surface area contributed by atoms with E-state index in [4.69, 9.17) is 4.74 Å². The number of carbonyl (C=O) groups excluding carboxylic acids is 1. The molecule has 0 aliphatic carbocycles. The summed E-state index contributed by atoms with van der Waals surface area (Å²) in [6, 6.07) is 17.0. The molecule has 1 saturated heterocycles. The highest BCUT2D eigenvalue weighted by Crippen LogP contribution is 2.44. The van der Waals surface area contributed by atoms with E-state index in [-0.39, 0.29) is 11.9 Å². The molecule has 6 heteroatoms. The van der Waals surface area contributed by atoms with Gasteiger partial charge in [-0.1, -0.05) is 18.2 Å². The first-order chi connectivity index (χ1) is 13.9. The van der Waals surface area contributed by atoms with E-state index in [0.29, 0.717) is 24.3 Å². The number of anilines is 1. The molecule has 2 aliphatic rings. The molecule has 1 unspecified atom stereocenters. The van der Waals surface area contributed by atoms with Gasteiger partial charge in [-0.25, -0.2) is 0 Å². The zero-order valence-corrected chi connectivity index (χ0v) is 16.6. The largest absolute Gasteiger partial charge is 0.485 e. The molecule has 0 spiro atoms. The minimum Gasteiger partial charge on any atom is -0.485 e. The average molecular weight is 391 g/mol. The summed E-state index contributed by atoms with van der Waals surface area (Å²) in [5.41, 5.74) is 1.44. The fourth-order valence-corrected chi connectivity index (χ4v) is 4.23. The number of para-hydroxylation sites is 1. The number of rotatable bonds is 4. The first-order valence-corrected chi connectivity index (χ1v) is 9.91. The Kier molecular flexibility index (Phi) is 4.93. The second kappa shape index (κ2) is 7.41. The van der Waals surface area contributed by atoms with Gasteiger partial charge in [0, 0.05) is 30.3 Å². The van der Waals surface area contributed by atoms with Gasteiger partial charge in [-0.05, 0) is 50.6 Å². The number of hydrogen-bond acceptors (Lipinski definition) is 5. The first kappa shape index (κ1) is 19.3. The Hall–Kier alpha value is -3.04. The van der Waals surface area contributed by atoms with Crippen LogP contribution in [0.4, 0.5) is 5.69 Å². The fourth-order valence-electron chi connectivity index (χ4n) is 4.23. The van der Waals surface area contributed by atoms with Crippen molar-refractivity contribution < 1.29 is 14.6 Å². The molecule has 2 aromatic rings. The quantitative estimate of drug-likeness (QED) is 0.837. The van der Waals surface area contributed by atoms with E-state index in [2.05, 4.69) is 16.3 Å². The third kappa shape index (κ3) is 3.66. The maximum absolute atomic E-state index is 11.8. The van der Waals surface area contributed by atoms with Crippen molar-refractivity contribution in [1.82, 2.24) is 5.32 Å². The molecule has 1 fully saturated rings. The van der Waals surface area contributed by atoms with E-state index >= 15 is 0 Å². The molecule has 0 radical (unpaired) electrons. The second-order valence-electron chi connectivity index (χ2n) is 8.25. The van der Waals surface area contributed by atoms with Crippen molar-refractivity contribution in [2.45, 2.75) is 50.5 Å². The number of amides is 1. The van der Waals surface area contributed by atoms with Crippen LogP contribution in [-0.4, -0.2) is 35.3 Å². The summed E-state index contributed by atoms with van der Waals surface area (Å²) < 4.78 is 6.08. The predicted molar refractivity (Wildman–Crippen MR) is 110 cm³/mol. The van der Waals surface area contributed by atoms with Crippen molar-refractivity contribution in [3.8, 4) is 11.8 Å². The normalized spacial score (nSPS) is 24.8. The van der Waals surface area contributed by atoms with Gasteiger partial charge in [0.25, 0.3) is 0 Å². The average Bonchev–Trinajstić information content (AvgIpc) is 3.13.